The Balaban J connectivity index is 2.04. The highest BCUT2D eigenvalue weighted by Gasteiger charge is 2.01. The molecular formula is C13H12ClN3O2. The molecule has 6 heteroatoms. The van der Waals surface area contributed by atoms with Crippen molar-refractivity contribution < 1.29 is 9.53 Å². The second-order valence-corrected chi connectivity index (χ2v) is 4.12. The largest absolute Gasteiger partial charge is 0.453 e. The summed E-state index contributed by atoms with van der Waals surface area (Å²) in [4.78, 5) is 15.2. The SMILES string of the molecule is COC(=O)Nc1ccc(Nc2cccc(Cl)c2)nc1. The summed E-state index contributed by atoms with van der Waals surface area (Å²) in [7, 11) is 1.30. The Morgan fingerprint density at radius 3 is 2.74 bits per heavy atom. The molecule has 0 spiro atoms. The third-order valence-corrected chi connectivity index (χ3v) is 2.53. The fourth-order valence-corrected chi connectivity index (χ4v) is 1.62. The normalized spacial score (nSPS) is 9.79. The number of halogens is 1. The maximum absolute atomic E-state index is 11.0. The van der Waals surface area contributed by atoms with Crippen LogP contribution in [-0.4, -0.2) is 18.2 Å². The number of ether oxygens (including phenoxy) is 1. The standard InChI is InChI=1S/C13H12ClN3O2/c1-19-13(18)17-11-5-6-12(15-8-11)16-10-4-2-3-9(14)7-10/h2-8H,1H3,(H,15,16)(H,17,18). The van der Waals surface area contributed by atoms with E-state index in [1.807, 2.05) is 12.1 Å². The van der Waals surface area contributed by atoms with Crippen molar-refractivity contribution >= 4 is 34.9 Å². The molecule has 0 aliphatic heterocycles. The van der Waals surface area contributed by atoms with E-state index < -0.39 is 6.09 Å². The van der Waals surface area contributed by atoms with E-state index in [9.17, 15) is 4.79 Å². The van der Waals surface area contributed by atoms with Gasteiger partial charge in [-0.2, -0.15) is 0 Å². The first-order chi connectivity index (χ1) is 9.17. The number of anilines is 3. The number of hydrogen-bond donors (Lipinski definition) is 2. The van der Waals surface area contributed by atoms with E-state index in [1.54, 1.807) is 24.3 Å². The zero-order chi connectivity index (χ0) is 13.7. The molecule has 0 saturated carbocycles. The van der Waals surface area contributed by atoms with Gasteiger partial charge in [0.15, 0.2) is 0 Å². The number of nitrogens with zero attached hydrogens (tertiary/aromatic N) is 1. The Kier molecular flexibility index (Phi) is 4.20. The van der Waals surface area contributed by atoms with Crippen molar-refractivity contribution in [2.75, 3.05) is 17.7 Å². The zero-order valence-electron chi connectivity index (χ0n) is 10.2. The third kappa shape index (κ3) is 3.86. The van der Waals surface area contributed by atoms with Crippen LogP contribution in [0.1, 0.15) is 0 Å². The predicted octanol–water partition coefficient (Wildman–Crippen LogP) is 3.66. The lowest BCUT2D eigenvalue weighted by Crippen LogP contribution is -2.11. The summed E-state index contributed by atoms with van der Waals surface area (Å²) in [5, 5.41) is 6.27. The summed E-state index contributed by atoms with van der Waals surface area (Å²) in [5.74, 6) is 0.651. The molecule has 1 heterocycles. The molecule has 98 valence electrons. The van der Waals surface area contributed by atoms with Crippen molar-refractivity contribution in [3.8, 4) is 0 Å². The molecule has 5 nitrogen and oxygen atoms in total. The number of nitrogens with one attached hydrogen (secondary N) is 2. The summed E-state index contributed by atoms with van der Waals surface area (Å²) in [6.45, 7) is 0. The summed E-state index contributed by atoms with van der Waals surface area (Å²) in [6, 6.07) is 10.8. The highest BCUT2D eigenvalue weighted by Crippen LogP contribution is 2.19. The molecular weight excluding hydrogens is 266 g/mol. The number of hydrogen-bond acceptors (Lipinski definition) is 4. The van der Waals surface area contributed by atoms with Gasteiger partial charge in [0.05, 0.1) is 19.0 Å². The number of carbonyl (C=O) groups excluding carboxylic acids is 1. The van der Waals surface area contributed by atoms with Crippen LogP contribution in [0.15, 0.2) is 42.6 Å². The molecule has 0 fully saturated rings. The smallest absolute Gasteiger partial charge is 0.411 e. The number of carbonyl (C=O) groups is 1. The second kappa shape index (κ2) is 6.06. The van der Waals surface area contributed by atoms with E-state index >= 15 is 0 Å². The predicted molar refractivity (Wildman–Crippen MR) is 75.0 cm³/mol. The number of benzene rings is 1. The van der Waals surface area contributed by atoms with Crippen LogP contribution in [0.3, 0.4) is 0 Å². The van der Waals surface area contributed by atoms with Gasteiger partial charge in [0.2, 0.25) is 0 Å². The number of amides is 1. The van der Waals surface area contributed by atoms with Crippen molar-refractivity contribution in [2.45, 2.75) is 0 Å². The lowest BCUT2D eigenvalue weighted by Gasteiger charge is -2.07. The summed E-state index contributed by atoms with van der Waals surface area (Å²) >= 11 is 5.89. The van der Waals surface area contributed by atoms with Crippen molar-refractivity contribution in [2.24, 2.45) is 0 Å². The van der Waals surface area contributed by atoms with Gasteiger partial charge in [-0.3, -0.25) is 5.32 Å². The van der Waals surface area contributed by atoms with Crippen LogP contribution in [0.2, 0.25) is 5.02 Å². The van der Waals surface area contributed by atoms with Gasteiger partial charge in [-0.05, 0) is 30.3 Å². The van der Waals surface area contributed by atoms with Crippen molar-refractivity contribution in [1.82, 2.24) is 4.98 Å². The highest BCUT2D eigenvalue weighted by atomic mass is 35.5. The molecule has 0 atom stereocenters. The second-order valence-electron chi connectivity index (χ2n) is 3.68. The van der Waals surface area contributed by atoms with Gasteiger partial charge < -0.3 is 10.1 Å². The Hall–Kier alpha value is -2.27. The molecule has 0 bridgehead atoms. The Bertz CT molecular complexity index is 572. The fourth-order valence-electron chi connectivity index (χ4n) is 1.42. The third-order valence-electron chi connectivity index (χ3n) is 2.29. The van der Waals surface area contributed by atoms with E-state index in [0.717, 1.165) is 5.69 Å². The first-order valence-electron chi connectivity index (χ1n) is 5.51. The topological polar surface area (TPSA) is 63.2 Å². The average Bonchev–Trinajstić information content (AvgIpc) is 2.41. The van der Waals surface area contributed by atoms with Crippen LogP contribution in [0.25, 0.3) is 0 Å². The molecule has 2 rings (SSSR count). The zero-order valence-corrected chi connectivity index (χ0v) is 10.9. The van der Waals surface area contributed by atoms with Gasteiger partial charge in [0, 0.05) is 10.7 Å². The first-order valence-corrected chi connectivity index (χ1v) is 5.89. The molecule has 2 N–H and O–H groups in total. The lowest BCUT2D eigenvalue weighted by atomic mass is 10.3. The number of pyridine rings is 1. The van der Waals surface area contributed by atoms with E-state index in [2.05, 4.69) is 20.4 Å². The number of rotatable bonds is 3. The van der Waals surface area contributed by atoms with E-state index in [1.165, 1.54) is 13.3 Å². The van der Waals surface area contributed by atoms with Crippen LogP contribution >= 0.6 is 11.6 Å². The van der Waals surface area contributed by atoms with Gasteiger partial charge >= 0.3 is 6.09 Å². The van der Waals surface area contributed by atoms with Crippen LogP contribution < -0.4 is 10.6 Å². The fraction of sp³-hybridized carbons (Fsp3) is 0.0769. The Morgan fingerprint density at radius 1 is 1.26 bits per heavy atom. The van der Waals surface area contributed by atoms with Gasteiger partial charge in [0.25, 0.3) is 0 Å². The van der Waals surface area contributed by atoms with Gasteiger partial charge in [-0.25, -0.2) is 9.78 Å². The molecule has 0 aliphatic carbocycles. The first kappa shape index (κ1) is 13.2. The van der Waals surface area contributed by atoms with E-state index in [0.29, 0.717) is 16.5 Å². The van der Waals surface area contributed by atoms with E-state index in [-0.39, 0.29) is 0 Å². The summed E-state index contributed by atoms with van der Waals surface area (Å²) in [6.07, 6.45) is 1.00. The molecule has 1 aromatic heterocycles. The number of methoxy groups -OCH3 is 1. The minimum atomic E-state index is -0.530. The van der Waals surface area contributed by atoms with E-state index in [4.69, 9.17) is 11.6 Å². The monoisotopic (exact) mass is 277 g/mol. The van der Waals surface area contributed by atoms with Gasteiger partial charge in [-0.1, -0.05) is 17.7 Å². The van der Waals surface area contributed by atoms with Gasteiger partial charge in [0.1, 0.15) is 5.82 Å². The van der Waals surface area contributed by atoms with Crippen molar-refractivity contribution in [3.63, 3.8) is 0 Å². The Labute approximate surface area is 115 Å². The molecule has 19 heavy (non-hydrogen) atoms. The Morgan fingerprint density at radius 2 is 2.11 bits per heavy atom. The molecule has 0 saturated heterocycles. The molecule has 0 aliphatic rings. The average molecular weight is 278 g/mol. The summed E-state index contributed by atoms with van der Waals surface area (Å²) < 4.78 is 4.49. The maximum atomic E-state index is 11.0. The van der Waals surface area contributed by atoms with Crippen LogP contribution in [0.4, 0.5) is 22.0 Å². The minimum Gasteiger partial charge on any atom is -0.453 e. The summed E-state index contributed by atoms with van der Waals surface area (Å²) in [5.41, 5.74) is 1.40. The van der Waals surface area contributed by atoms with Crippen LogP contribution in [0, 0.1) is 0 Å². The molecule has 2 aromatic rings. The molecule has 0 radical (unpaired) electrons. The van der Waals surface area contributed by atoms with Crippen LogP contribution in [0.5, 0.6) is 0 Å². The quantitative estimate of drug-likeness (QED) is 0.899. The molecule has 1 aromatic carbocycles. The maximum Gasteiger partial charge on any atom is 0.411 e. The molecule has 1 amide bonds. The van der Waals surface area contributed by atoms with Crippen molar-refractivity contribution in [1.29, 1.82) is 0 Å². The van der Waals surface area contributed by atoms with Crippen molar-refractivity contribution in [3.05, 3.63) is 47.6 Å². The molecule has 0 unspecified atom stereocenters. The lowest BCUT2D eigenvalue weighted by molar-refractivity contribution is 0.187. The van der Waals surface area contributed by atoms with Crippen LogP contribution in [-0.2, 0) is 4.74 Å². The van der Waals surface area contributed by atoms with Gasteiger partial charge in [-0.15, -0.1) is 0 Å². The number of aromatic nitrogens is 1. The highest BCUT2D eigenvalue weighted by molar-refractivity contribution is 6.30. The minimum absolute atomic E-state index is 0.530.